The van der Waals surface area contributed by atoms with Crippen LogP contribution in [0.3, 0.4) is 0 Å². The van der Waals surface area contributed by atoms with Crippen LogP contribution in [0.2, 0.25) is 0 Å². The van der Waals surface area contributed by atoms with Gasteiger partial charge in [-0.05, 0) is 12.1 Å². The summed E-state index contributed by atoms with van der Waals surface area (Å²) in [5.74, 6) is -1.25. The van der Waals surface area contributed by atoms with Crippen molar-refractivity contribution in [1.29, 1.82) is 0 Å². The van der Waals surface area contributed by atoms with Crippen LogP contribution in [0.25, 0.3) is 11.3 Å². The lowest BCUT2D eigenvalue weighted by Crippen LogP contribution is -1.87. The van der Waals surface area contributed by atoms with Gasteiger partial charge in [-0.15, -0.1) is 0 Å². The molecule has 0 bridgehead atoms. The molecule has 0 saturated carbocycles. The van der Waals surface area contributed by atoms with Crippen LogP contribution in [0.5, 0.6) is 6.01 Å². The normalized spacial score (nSPS) is 10.3. The third-order valence-electron chi connectivity index (χ3n) is 1.97. The number of hydrogen-bond donors (Lipinski definition) is 1. The lowest BCUT2D eigenvalue weighted by molar-refractivity contribution is 0.384. The zero-order valence-corrected chi connectivity index (χ0v) is 7.92. The maximum Gasteiger partial charge on any atom is 0.293 e. The summed E-state index contributed by atoms with van der Waals surface area (Å²) in [6, 6.07) is 3.64. The molecule has 1 N–H and O–H groups in total. The lowest BCUT2D eigenvalue weighted by Gasteiger charge is -1.99. The van der Waals surface area contributed by atoms with Gasteiger partial charge in [-0.1, -0.05) is 0 Å². The van der Waals surface area contributed by atoms with Crippen LogP contribution < -0.4 is 4.74 Å². The first-order valence-electron chi connectivity index (χ1n) is 4.25. The molecule has 0 aliphatic rings. The van der Waals surface area contributed by atoms with E-state index in [1.54, 1.807) is 0 Å². The lowest BCUT2D eigenvalue weighted by atomic mass is 10.1. The van der Waals surface area contributed by atoms with E-state index in [4.69, 9.17) is 4.74 Å². The molecule has 0 aliphatic carbocycles. The summed E-state index contributed by atoms with van der Waals surface area (Å²) in [7, 11) is 1.45. The largest absolute Gasteiger partial charge is 0.468 e. The Morgan fingerprint density at radius 1 is 1.33 bits per heavy atom. The Morgan fingerprint density at radius 3 is 2.73 bits per heavy atom. The molecule has 0 atom stereocenters. The number of aromatic nitrogens is 2. The summed E-state index contributed by atoms with van der Waals surface area (Å²) in [5.41, 5.74) is 0.705. The molecule has 15 heavy (non-hydrogen) atoms. The fourth-order valence-corrected chi connectivity index (χ4v) is 1.25. The summed E-state index contributed by atoms with van der Waals surface area (Å²) in [6.07, 6.45) is 1.43. The van der Waals surface area contributed by atoms with Crippen LogP contribution in [0, 0.1) is 11.6 Å². The van der Waals surface area contributed by atoms with Crippen molar-refractivity contribution in [3.8, 4) is 17.3 Å². The SMILES string of the molecule is COc1ncc(-c2ccc(F)cc2F)[nH]1. The zero-order valence-electron chi connectivity index (χ0n) is 7.92. The fourth-order valence-electron chi connectivity index (χ4n) is 1.25. The van der Waals surface area contributed by atoms with Gasteiger partial charge in [-0.25, -0.2) is 13.8 Å². The van der Waals surface area contributed by atoms with Crippen LogP contribution in [0.4, 0.5) is 8.78 Å². The molecule has 0 radical (unpaired) electrons. The van der Waals surface area contributed by atoms with Gasteiger partial charge in [0, 0.05) is 11.6 Å². The summed E-state index contributed by atoms with van der Waals surface area (Å²) in [4.78, 5) is 6.58. The molecular weight excluding hydrogens is 202 g/mol. The monoisotopic (exact) mass is 210 g/mol. The molecule has 1 aromatic heterocycles. The highest BCUT2D eigenvalue weighted by Gasteiger charge is 2.09. The number of nitrogens with zero attached hydrogens (tertiary/aromatic N) is 1. The van der Waals surface area contributed by atoms with E-state index in [2.05, 4.69) is 9.97 Å². The van der Waals surface area contributed by atoms with E-state index in [1.807, 2.05) is 0 Å². The minimum absolute atomic E-state index is 0.257. The molecule has 1 aromatic carbocycles. The van der Waals surface area contributed by atoms with Crippen LogP contribution >= 0.6 is 0 Å². The summed E-state index contributed by atoms with van der Waals surface area (Å²) in [5, 5.41) is 0. The third-order valence-corrected chi connectivity index (χ3v) is 1.97. The minimum Gasteiger partial charge on any atom is -0.468 e. The van der Waals surface area contributed by atoms with E-state index in [9.17, 15) is 8.78 Å². The highest BCUT2D eigenvalue weighted by Crippen LogP contribution is 2.22. The number of ether oxygens (including phenoxy) is 1. The Labute approximate surface area is 84.7 Å². The molecule has 0 spiro atoms. The van der Waals surface area contributed by atoms with Gasteiger partial charge in [0.25, 0.3) is 6.01 Å². The van der Waals surface area contributed by atoms with Crippen molar-refractivity contribution in [2.45, 2.75) is 0 Å². The number of H-pyrrole nitrogens is 1. The molecule has 78 valence electrons. The Balaban J connectivity index is 2.44. The number of hydrogen-bond acceptors (Lipinski definition) is 2. The van der Waals surface area contributed by atoms with Gasteiger partial charge >= 0.3 is 0 Å². The average molecular weight is 210 g/mol. The quantitative estimate of drug-likeness (QED) is 0.826. The first-order chi connectivity index (χ1) is 7.20. The van der Waals surface area contributed by atoms with Gasteiger partial charge in [0.15, 0.2) is 0 Å². The van der Waals surface area contributed by atoms with Crippen LogP contribution in [0.1, 0.15) is 0 Å². The summed E-state index contributed by atoms with van der Waals surface area (Å²) in [6.45, 7) is 0. The molecule has 5 heteroatoms. The summed E-state index contributed by atoms with van der Waals surface area (Å²) < 4.78 is 30.8. The first-order valence-corrected chi connectivity index (χ1v) is 4.25. The van der Waals surface area contributed by atoms with Crippen molar-refractivity contribution < 1.29 is 13.5 Å². The zero-order chi connectivity index (χ0) is 10.8. The van der Waals surface area contributed by atoms with Gasteiger partial charge in [0.1, 0.15) is 11.6 Å². The van der Waals surface area contributed by atoms with Crippen molar-refractivity contribution in [3.05, 3.63) is 36.0 Å². The van der Waals surface area contributed by atoms with E-state index in [1.165, 1.54) is 25.4 Å². The number of imidazole rings is 1. The van der Waals surface area contributed by atoms with Crippen LogP contribution in [-0.4, -0.2) is 17.1 Å². The highest BCUT2D eigenvalue weighted by molar-refractivity contribution is 5.59. The van der Waals surface area contributed by atoms with Gasteiger partial charge in [-0.2, -0.15) is 0 Å². The van der Waals surface area contributed by atoms with Crippen molar-refractivity contribution >= 4 is 0 Å². The first kappa shape index (κ1) is 9.64. The second-order valence-electron chi connectivity index (χ2n) is 2.93. The molecule has 2 rings (SSSR count). The predicted octanol–water partition coefficient (Wildman–Crippen LogP) is 2.36. The molecule has 0 aliphatic heterocycles. The maximum absolute atomic E-state index is 13.3. The van der Waals surface area contributed by atoms with Crippen molar-refractivity contribution in [1.82, 2.24) is 9.97 Å². The van der Waals surface area contributed by atoms with Gasteiger partial charge in [0.05, 0.1) is 19.0 Å². The van der Waals surface area contributed by atoms with Crippen molar-refractivity contribution in [2.75, 3.05) is 7.11 Å². The van der Waals surface area contributed by atoms with E-state index < -0.39 is 11.6 Å². The molecule has 3 nitrogen and oxygen atoms in total. The van der Waals surface area contributed by atoms with Gasteiger partial charge < -0.3 is 9.72 Å². The predicted molar refractivity (Wildman–Crippen MR) is 50.5 cm³/mol. The minimum atomic E-state index is -0.638. The topological polar surface area (TPSA) is 37.9 Å². The van der Waals surface area contributed by atoms with E-state index >= 15 is 0 Å². The highest BCUT2D eigenvalue weighted by atomic mass is 19.1. The number of aromatic amines is 1. The maximum atomic E-state index is 13.3. The molecule has 2 aromatic rings. The second-order valence-corrected chi connectivity index (χ2v) is 2.93. The summed E-state index contributed by atoms with van der Waals surface area (Å²) >= 11 is 0. The van der Waals surface area contributed by atoms with E-state index in [-0.39, 0.29) is 11.6 Å². The second kappa shape index (κ2) is 3.68. The molecule has 1 heterocycles. The van der Waals surface area contributed by atoms with Gasteiger partial charge in [0.2, 0.25) is 0 Å². The smallest absolute Gasteiger partial charge is 0.293 e. The van der Waals surface area contributed by atoms with E-state index in [0.717, 1.165) is 6.07 Å². The Kier molecular flexibility index (Phi) is 2.37. The van der Waals surface area contributed by atoms with E-state index in [0.29, 0.717) is 5.69 Å². The number of halogens is 2. The number of nitrogens with one attached hydrogen (secondary N) is 1. The molecule has 0 amide bonds. The third kappa shape index (κ3) is 1.81. The Bertz CT molecular complexity index is 482. The fraction of sp³-hybridized carbons (Fsp3) is 0.100. The molecule has 0 unspecified atom stereocenters. The Hall–Kier alpha value is -1.91. The Morgan fingerprint density at radius 2 is 2.13 bits per heavy atom. The average Bonchev–Trinajstić information content (AvgIpc) is 2.66. The van der Waals surface area contributed by atoms with Gasteiger partial charge in [-0.3, -0.25) is 0 Å². The van der Waals surface area contributed by atoms with Crippen molar-refractivity contribution in [2.24, 2.45) is 0 Å². The van der Waals surface area contributed by atoms with Crippen LogP contribution in [0.15, 0.2) is 24.4 Å². The van der Waals surface area contributed by atoms with Crippen molar-refractivity contribution in [3.63, 3.8) is 0 Å². The standard InChI is InChI=1S/C10H8F2N2O/c1-15-10-13-5-9(14-10)7-3-2-6(11)4-8(7)12/h2-5H,1H3,(H,13,14). The number of rotatable bonds is 2. The number of methoxy groups -OCH3 is 1. The molecule has 0 fully saturated rings. The number of benzene rings is 1. The molecular formula is C10H8F2N2O. The van der Waals surface area contributed by atoms with Crippen LogP contribution in [-0.2, 0) is 0 Å². The molecule has 0 saturated heterocycles.